The number of halogens is 4. The molecular weight excluding hydrogens is 287 g/mol. The highest BCUT2D eigenvalue weighted by Crippen LogP contribution is 2.23. The lowest BCUT2D eigenvalue weighted by Gasteiger charge is -2.28. The first-order valence-corrected chi connectivity index (χ1v) is 5.40. The molecule has 0 amide bonds. The molecule has 0 saturated heterocycles. The van der Waals surface area contributed by atoms with Gasteiger partial charge in [0, 0.05) is 12.1 Å². The molecular formula is C9H11BrF3N3. The third-order valence-electron chi connectivity index (χ3n) is 1.89. The zero-order valence-corrected chi connectivity index (χ0v) is 10.4. The molecule has 0 aromatic carbocycles. The molecule has 0 bridgehead atoms. The van der Waals surface area contributed by atoms with Crippen LogP contribution in [0.1, 0.15) is 13.8 Å². The monoisotopic (exact) mass is 297 g/mol. The smallest absolute Gasteiger partial charge is 0.345 e. The fourth-order valence-electron chi connectivity index (χ4n) is 1.20. The van der Waals surface area contributed by atoms with Crippen LogP contribution in [-0.2, 0) is 0 Å². The summed E-state index contributed by atoms with van der Waals surface area (Å²) in [6.07, 6.45) is -3.02. The van der Waals surface area contributed by atoms with Gasteiger partial charge in [0.25, 0.3) is 0 Å². The van der Waals surface area contributed by atoms with Crippen LogP contribution in [0.15, 0.2) is 17.0 Å². The van der Waals surface area contributed by atoms with Crippen LogP contribution in [-0.4, -0.2) is 28.7 Å². The average Bonchev–Trinajstić information content (AvgIpc) is 2.12. The lowest BCUT2D eigenvalue weighted by molar-refractivity contribution is -0.120. The standard InChI is InChI=1S/C9H11BrF3N3/c1-6(2)16(4-9(11,12)13)8-3-7(10)14-5-15-8/h3,5-6H,4H2,1-2H3. The second kappa shape index (κ2) is 4.99. The van der Waals surface area contributed by atoms with Crippen molar-refractivity contribution >= 4 is 21.7 Å². The van der Waals surface area contributed by atoms with Crippen molar-refractivity contribution in [3.63, 3.8) is 0 Å². The molecule has 90 valence electrons. The summed E-state index contributed by atoms with van der Waals surface area (Å²) in [5.74, 6) is 0.259. The Morgan fingerprint density at radius 1 is 1.38 bits per heavy atom. The molecule has 0 fully saturated rings. The molecule has 0 atom stereocenters. The van der Waals surface area contributed by atoms with Gasteiger partial charge in [-0.1, -0.05) is 0 Å². The number of hydrogen-bond acceptors (Lipinski definition) is 3. The van der Waals surface area contributed by atoms with Crippen LogP contribution in [0.25, 0.3) is 0 Å². The number of nitrogens with zero attached hydrogens (tertiary/aromatic N) is 3. The van der Waals surface area contributed by atoms with Gasteiger partial charge in [-0.05, 0) is 29.8 Å². The highest BCUT2D eigenvalue weighted by molar-refractivity contribution is 9.10. The van der Waals surface area contributed by atoms with Crippen LogP contribution in [0.3, 0.4) is 0 Å². The number of rotatable bonds is 3. The summed E-state index contributed by atoms with van der Waals surface area (Å²) in [4.78, 5) is 8.78. The molecule has 1 rings (SSSR count). The highest BCUT2D eigenvalue weighted by Gasteiger charge is 2.32. The van der Waals surface area contributed by atoms with Gasteiger partial charge in [-0.25, -0.2) is 9.97 Å². The van der Waals surface area contributed by atoms with E-state index in [1.807, 2.05) is 0 Å². The maximum Gasteiger partial charge on any atom is 0.405 e. The summed E-state index contributed by atoms with van der Waals surface area (Å²) < 4.78 is 37.5. The van der Waals surface area contributed by atoms with Crippen molar-refractivity contribution in [2.45, 2.75) is 26.1 Å². The van der Waals surface area contributed by atoms with Crippen molar-refractivity contribution in [3.8, 4) is 0 Å². The number of hydrogen-bond donors (Lipinski definition) is 0. The molecule has 16 heavy (non-hydrogen) atoms. The van der Waals surface area contributed by atoms with Crippen LogP contribution >= 0.6 is 15.9 Å². The Kier molecular flexibility index (Phi) is 4.12. The maximum absolute atomic E-state index is 12.4. The largest absolute Gasteiger partial charge is 0.405 e. The second-order valence-corrected chi connectivity index (χ2v) is 4.35. The SMILES string of the molecule is CC(C)N(CC(F)(F)F)c1cc(Br)ncn1. The summed E-state index contributed by atoms with van der Waals surface area (Å²) in [5.41, 5.74) is 0. The summed E-state index contributed by atoms with van der Waals surface area (Å²) in [7, 11) is 0. The average molecular weight is 298 g/mol. The molecule has 7 heteroatoms. The van der Waals surface area contributed by atoms with Crippen LogP contribution in [0, 0.1) is 0 Å². The molecule has 1 aromatic heterocycles. The fourth-order valence-corrected chi connectivity index (χ4v) is 1.50. The fraction of sp³-hybridized carbons (Fsp3) is 0.556. The molecule has 1 aromatic rings. The van der Waals surface area contributed by atoms with E-state index in [1.54, 1.807) is 13.8 Å². The summed E-state index contributed by atoms with van der Waals surface area (Å²) >= 11 is 3.10. The molecule has 0 aliphatic rings. The van der Waals surface area contributed by atoms with Gasteiger partial charge in [0.15, 0.2) is 0 Å². The van der Waals surface area contributed by atoms with Gasteiger partial charge in [-0.3, -0.25) is 0 Å². The molecule has 0 aliphatic heterocycles. The molecule has 0 unspecified atom stereocenters. The Labute approximate surface area is 99.8 Å². The number of alkyl halides is 3. The van der Waals surface area contributed by atoms with E-state index in [-0.39, 0.29) is 11.9 Å². The first-order chi connectivity index (χ1) is 7.29. The third-order valence-corrected chi connectivity index (χ3v) is 2.32. The van der Waals surface area contributed by atoms with Gasteiger partial charge >= 0.3 is 6.18 Å². The normalized spacial score (nSPS) is 11.9. The van der Waals surface area contributed by atoms with Crippen molar-refractivity contribution in [2.75, 3.05) is 11.4 Å². The second-order valence-electron chi connectivity index (χ2n) is 3.54. The quantitative estimate of drug-likeness (QED) is 0.803. The van der Waals surface area contributed by atoms with Gasteiger partial charge in [0.1, 0.15) is 23.3 Å². The third kappa shape index (κ3) is 3.96. The molecule has 0 radical (unpaired) electrons. The Morgan fingerprint density at radius 3 is 2.44 bits per heavy atom. The van der Waals surface area contributed by atoms with Crippen molar-refractivity contribution in [1.82, 2.24) is 9.97 Å². The zero-order valence-electron chi connectivity index (χ0n) is 8.79. The van der Waals surface area contributed by atoms with Crippen molar-refractivity contribution in [3.05, 3.63) is 17.0 Å². The Hall–Kier alpha value is -0.850. The van der Waals surface area contributed by atoms with E-state index in [0.717, 1.165) is 0 Å². The van der Waals surface area contributed by atoms with Crippen LogP contribution < -0.4 is 4.90 Å². The summed E-state index contributed by atoms with van der Waals surface area (Å²) in [6.45, 7) is 2.34. The van der Waals surface area contributed by atoms with Gasteiger partial charge in [-0.15, -0.1) is 0 Å². The van der Waals surface area contributed by atoms with E-state index in [2.05, 4.69) is 25.9 Å². The van der Waals surface area contributed by atoms with E-state index in [0.29, 0.717) is 4.60 Å². The van der Waals surface area contributed by atoms with Crippen LogP contribution in [0.4, 0.5) is 19.0 Å². The Morgan fingerprint density at radius 2 is 2.00 bits per heavy atom. The van der Waals surface area contributed by atoms with Crippen LogP contribution in [0.5, 0.6) is 0 Å². The van der Waals surface area contributed by atoms with E-state index in [1.165, 1.54) is 17.3 Å². The number of aromatic nitrogens is 2. The van der Waals surface area contributed by atoms with Gasteiger partial charge in [0.2, 0.25) is 0 Å². The van der Waals surface area contributed by atoms with Crippen molar-refractivity contribution in [1.29, 1.82) is 0 Å². The topological polar surface area (TPSA) is 29.0 Å². The lowest BCUT2D eigenvalue weighted by atomic mass is 10.3. The van der Waals surface area contributed by atoms with E-state index in [4.69, 9.17) is 0 Å². The predicted molar refractivity (Wildman–Crippen MR) is 58.3 cm³/mol. The number of anilines is 1. The Balaban J connectivity index is 2.94. The first-order valence-electron chi connectivity index (χ1n) is 4.60. The molecule has 1 heterocycles. The molecule has 0 spiro atoms. The van der Waals surface area contributed by atoms with Crippen molar-refractivity contribution < 1.29 is 13.2 Å². The minimum atomic E-state index is -4.25. The molecule has 0 saturated carbocycles. The lowest BCUT2D eigenvalue weighted by Crippen LogP contribution is -2.39. The first kappa shape index (κ1) is 13.2. The van der Waals surface area contributed by atoms with Crippen molar-refractivity contribution in [2.24, 2.45) is 0 Å². The molecule has 0 N–H and O–H groups in total. The summed E-state index contributed by atoms with van der Waals surface area (Å²) in [6, 6.07) is 1.18. The van der Waals surface area contributed by atoms with Gasteiger partial charge in [0.05, 0.1) is 0 Å². The minimum absolute atomic E-state index is 0.259. The van der Waals surface area contributed by atoms with Crippen LogP contribution in [0.2, 0.25) is 0 Å². The molecule has 0 aliphatic carbocycles. The van der Waals surface area contributed by atoms with Gasteiger partial charge < -0.3 is 4.90 Å². The molecule has 3 nitrogen and oxygen atoms in total. The Bertz CT molecular complexity index is 354. The van der Waals surface area contributed by atoms with Gasteiger partial charge in [-0.2, -0.15) is 13.2 Å². The van der Waals surface area contributed by atoms with E-state index >= 15 is 0 Å². The predicted octanol–water partition coefficient (Wildman–Crippen LogP) is 3.02. The highest BCUT2D eigenvalue weighted by atomic mass is 79.9. The maximum atomic E-state index is 12.4. The minimum Gasteiger partial charge on any atom is -0.345 e. The zero-order chi connectivity index (χ0) is 12.3. The van der Waals surface area contributed by atoms with E-state index in [9.17, 15) is 13.2 Å². The summed E-state index contributed by atoms with van der Waals surface area (Å²) in [5, 5.41) is 0. The van der Waals surface area contributed by atoms with E-state index < -0.39 is 12.7 Å².